The first-order chi connectivity index (χ1) is 22.2. The maximum absolute atomic E-state index is 13.6. The Balaban J connectivity index is 1.25. The van der Waals surface area contributed by atoms with E-state index in [9.17, 15) is 27.9 Å². The number of hydrogen-bond acceptors (Lipinski definition) is 5. The quantitative estimate of drug-likeness (QED) is 0.177. The molecule has 4 aromatic rings. The van der Waals surface area contributed by atoms with Gasteiger partial charge in [0.05, 0.1) is 18.2 Å². The molecule has 1 saturated heterocycles. The van der Waals surface area contributed by atoms with Crippen molar-refractivity contribution in [2.75, 3.05) is 13.1 Å². The van der Waals surface area contributed by atoms with Gasteiger partial charge in [-0.1, -0.05) is 78.9 Å². The Hall–Kier alpha value is -4.67. The predicted octanol–water partition coefficient (Wildman–Crippen LogP) is 6.05. The average Bonchev–Trinajstić information content (AvgIpc) is 3.55. The number of amides is 2. The van der Waals surface area contributed by atoms with Crippen molar-refractivity contribution in [3.8, 4) is 5.75 Å². The second-order valence-corrected chi connectivity index (χ2v) is 11.3. The Kier molecular flexibility index (Phi) is 10.7. The number of carbonyl (C=O) groups is 2. The number of nitrogens with one attached hydrogen (secondary N) is 2. The van der Waals surface area contributed by atoms with Crippen molar-refractivity contribution in [2.24, 2.45) is 0 Å². The summed E-state index contributed by atoms with van der Waals surface area (Å²) in [6.45, 7) is 0.853. The summed E-state index contributed by atoms with van der Waals surface area (Å²) in [7, 11) is 0. The van der Waals surface area contributed by atoms with E-state index >= 15 is 0 Å². The summed E-state index contributed by atoms with van der Waals surface area (Å²) >= 11 is 0. The number of aliphatic hydroxyl groups is 1. The van der Waals surface area contributed by atoms with Gasteiger partial charge in [-0.3, -0.25) is 9.59 Å². The average molecular weight is 632 g/mol. The van der Waals surface area contributed by atoms with Crippen molar-refractivity contribution in [3.63, 3.8) is 0 Å². The molecule has 3 atom stereocenters. The number of aliphatic hydroxyl groups excluding tert-OH is 1. The molecule has 10 heteroatoms. The minimum atomic E-state index is -4.79. The molecule has 46 heavy (non-hydrogen) atoms. The third kappa shape index (κ3) is 8.95. The summed E-state index contributed by atoms with van der Waals surface area (Å²) in [4.78, 5) is 28.9. The zero-order chi connectivity index (χ0) is 32.5. The molecule has 4 aromatic carbocycles. The molecule has 7 nitrogen and oxygen atoms in total. The van der Waals surface area contributed by atoms with E-state index in [0.29, 0.717) is 29.7 Å². The van der Waals surface area contributed by atoms with Gasteiger partial charge in [0.1, 0.15) is 5.75 Å². The van der Waals surface area contributed by atoms with Crippen LogP contribution in [0.2, 0.25) is 0 Å². The zero-order valence-electron chi connectivity index (χ0n) is 25.1. The number of carbonyl (C=O) groups excluding carboxylic acids is 2. The monoisotopic (exact) mass is 631 g/mol. The highest BCUT2D eigenvalue weighted by Crippen LogP contribution is 2.33. The van der Waals surface area contributed by atoms with Crippen molar-refractivity contribution in [1.82, 2.24) is 15.5 Å². The SMILES string of the molecule is O=C(N[C@@H](Cc1ccccc1)[C@H](O)CNCc1cccc(OC(F)(F)F)c1)c1cccc(C(=O)N2CCCC2c2ccccc2)c1. The number of rotatable bonds is 12. The molecule has 1 aliphatic rings. The predicted molar refractivity (Wildman–Crippen MR) is 168 cm³/mol. The summed E-state index contributed by atoms with van der Waals surface area (Å²) in [5, 5.41) is 17.2. The van der Waals surface area contributed by atoms with Gasteiger partial charge in [-0.15, -0.1) is 13.2 Å². The van der Waals surface area contributed by atoms with Crippen LogP contribution in [0.25, 0.3) is 0 Å². The highest BCUT2D eigenvalue weighted by Gasteiger charge is 2.32. The van der Waals surface area contributed by atoms with Crippen LogP contribution in [0.3, 0.4) is 0 Å². The molecule has 2 amide bonds. The summed E-state index contributed by atoms with van der Waals surface area (Å²) in [5.41, 5.74) is 3.21. The molecule has 0 radical (unpaired) electrons. The first-order valence-electron chi connectivity index (χ1n) is 15.2. The number of alkyl halides is 3. The van der Waals surface area contributed by atoms with Crippen LogP contribution in [-0.4, -0.2) is 53.4 Å². The summed E-state index contributed by atoms with van der Waals surface area (Å²) < 4.78 is 41.8. The van der Waals surface area contributed by atoms with Crippen LogP contribution in [0.1, 0.15) is 56.3 Å². The molecule has 0 aromatic heterocycles. The lowest BCUT2D eigenvalue weighted by molar-refractivity contribution is -0.274. The Labute approximate surface area is 266 Å². The molecule has 1 aliphatic heterocycles. The molecule has 3 N–H and O–H groups in total. The lowest BCUT2D eigenvalue weighted by atomic mass is 10.00. The van der Waals surface area contributed by atoms with Gasteiger partial charge in [0.15, 0.2) is 0 Å². The van der Waals surface area contributed by atoms with E-state index in [0.717, 1.165) is 24.0 Å². The van der Waals surface area contributed by atoms with E-state index in [2.05, 4.69) is 15.4 Å². The molecule has 5 rings (SSSR count). The van der Waals surface area contributed by atoms with E-state index in [1.165, 1.54) is 18.2 Å². The van der Waals surface area contributed by atoms with Gasteiger partial charge >= 0.3 is 6.36 Å². The Bertz CT molecular complexity index is 1600. The van der Waals surface area contributed by atoms with Crippen LogP contribution < -0.4 is 15.4 Å². The molecule has 0 aliphatic carbocycles. The summed E-state index contributed by atoms with van der Waals surface area (Å²) in [6.07, 6.45) is -3.74. The molecule has 0 saturated carbocycles. The van der Waals surface area contributed by atoms with E-state index in [-0.39, 0.29) is 30.8 Å². The van der Waals surface area contributed by atoms with Crippen LogP contribution in [0.4, 0.5) is 13.2 Å². The maximum atomic E-state index is 13.6. The van der Waals surface area contributed by atoms with Crippen LogP contribution in [0.5, 0.6) is 5.75 Å². The van der Waals surface area contributed by atoms with Crippen LogP contribution in [-0.2, 0) is 13.0 Å². The van der Waals surface area contributed by atoms with Crippen molar-refractivity contribution in [2.45, 2.75) is 50.4 Å². The lowest BCUT2D eigenvalue weighted by Gasteiger charge is -2.26. The molecule has 1 heterocycles. The van der Waals surface area contributed by atoms with Gasteiger partial charge in [0, 0.05) is 30.8 Å². The fourth-order valence-electron chi connectivity index (χ4n) is 5.75. The van der Waals surface area contributed by atoms with E-state index in [1.54, 1.807) is 30.3 Å². The fourth-order valence-corrected chi connectivity index (χ4v) is 5.75. The van der Waals surface area contributed by atoms with Gasteiger partial charge in [-0.25, -0.2) is 0 Å². The molecule has 240 valence electrons. The smallest absolute Gasteiger partial charge is 0.406 e. The van der Waals surface area contributed by atoms with Crippen molar-refractivity contribution in [3.05, 3.63) is 137 Å². The van der Waals surface area contributed by atoms with E-state index in [1.807, 2.05) is 65.6 Å². The second-order valence-electron chi connectivity index (χ2n) is 11.3. The first kappa shape index (κ1) is 32.7. The highest BCUT2D eigenvalue weighted by molar-refractivity contribution is 6.00. The summed E-state index contributed by atoms with van der Waals surface area (Å²) in [5.74, 6) is -0.911. The number of likely N-dealkylation sites (tertiary alicyclic amines) is 1. The Morgan fingerprint density at radius 3 is 2.28 bits per heavy atom. The van der Waals surface area contributed by atoms with Crippen molar-refractivity contribution >= 4 is 11.8 Å². The Morgan fingerprint density at radius 2 is 1.54 bits per heavy atom. The van der Waals surface area contributed by atoms with E-state index < -0.39 is 24.4 Å². The van der Waals surface area contributed by atoms with Crippen LogP contribution >= 0.6 is 0 Å². The van der Waals surface area contributed by atoms with Gasteiger partial charge in [-0.2, -0.15) is 0 Å². The molecule has 1 fully saturated rings. The van der Waals surface area contributed by atoms with Gasteiger partial charge in [0.25, 0.3) is 11.8 Å². The number of halogens is 3. The fraction of sp³-hybridized carbons (Fsp3) is 0.278. The second kappa shape index (κ2) is 15.1. The van der Waals surface area contributed by atoms with Crippen LogP contribution in [0.15, 0.2) is 109 Å². The lowest BCUT2D eigenvalue weighted by Crippen LogP contribution is -2.48. The molecule has 0 bridgehead atoms. The van der Waals surface area contributed by atoms with Crippen molar-refractivity contribution in [1.29, 1.82) is 0 Å². The minimum Gasteiger partial charge on any atom is -0.406 e. The largest absolute Gasteiger partial charge is 0.573 e. The third-order valence-electron chi connectivity index (χ3n) is 7.96. The van der Waals surface area contributed by atoms with Crippen molar-refractivity contribution < 1.29 is 32.6 Å². The van der Waals surface area contributed by atoms with Gasteiger partial charge in [0.2, 0.25) is 0 Å². The topological polar surface area (TPSA) is 90.9 Å². The van der Waals surface area contributed by atoms with Gasteiger partial charge < -0.3 is 25.4 Å². The minimum absolute atomic E-state index is 0.0243. The third-order valence-corrected chi connectivity index (χ3v) is 7.96. The molecular formula is C36H36F3N3O4. The standard InChI is InChI=1S/C36H36F3N3O4/c37-36(38,39)46-30-17-7-12-26(20-30)23-40-24-33(43)31(21-25-10-3-1-4-11-25)41-34(44)28-15-8-16-29(22-28)35(45)42-19-9-18-32(42)27-13-5-2-6-14-27/h1-8,10-17,20,22,31-33,40,43H,9,18-19,21,23-24H2,(H,41,44)/t31-,32?,33+/m0/s1. The number of nitrogens with zero attached hydrogens (tertiary/aromatic N) is 1. The van der Waals surface area contributed by atoms with E-state index in [4.69, 9.17) is 0 Å². The number of benzene rings is 4. The Morgan fingerprint density at radius 1 is 0.870 bits per heavy atom. The number of ether oxygens (including phenoxy) is 1. The molecule has 1 unspecified atom stereocenters. The maximum Gasteiger partial charge on any atom is 0.573 e. The zero-order valence-corrected chi connectivity index (χ0v) is 25.1. The first-order valence-corrected chi connectivity index (χ1v) is 15.2. The normalized spacial score (nSPS) is 16.1. The van der Waals surface area contributed by atoms with Crippen LogP contribution in [0, 0.1) is 0 Å². The molecular weight excluding hydrogens is 595 g/mol. The number of hydrogen-bond donors (Lipinski definition) is 3. The molecule has 0 spiro atoms. The highest BCUT2D eigenvalue weighted by atomic mass is 19.4. The van der Waals surface area contributed by atoms with Gasteiger partial charge in [-0.05, 0) is 66.3 Å². The summed E-state index contributed by atoms with van der Waals surface area (Å²) in [6, 6.07) is 30.7.